The predicted octanol–water partition coefficient (Wildman–Crippen LogP) is 1.60. The molecule has 3 aliphatic rings. The molecule has 0 saturated carbocycles. The van der Waals surface area contributed by atoms with Gasteiger partial charge in [0.1, 0.15) is 0 Å². The maximum atomic E-state index is 11.7. The Labute approximate surface area is 106 Å². The quantitative estimate of drug-likeness (QED) is 0.739. The Bertz CT molecular complexity index is 205. The number of rotatable bonds is 2. The average Bonchev–Trinajstić information content (AvgIpc) is 2.34. The summed E-state index contributed by atoms with van der Waals surface area (Å²) >= 11 is 0. The van der Waals surface area contributed by atoms with Crippen LogP contribution in [-0.2, 0) is 9.53 Å². The molecule has 0 N–H and O–H groups in total. The van der Waals surface area contributed by atoms with Crippen LogP contribution >= 0.6 is 0 Å². The van der Waals surface area contributed by atoms with Crippen LogP contribution in [0.1, 0.15) is 34.1 Å². The van der Waals surface area contributed by atoms with Crippen LogP contribution in [0.4, 0.5) is 0 Å². The number of fused-ring (bicyclic) bond motifs is 2. The maximum absolute atomic E-state index is 11.7. The third kappa shape index (κ3) is 4.28. The third-order valence-corrected chi connectivity index (χ3v) is 2.69. The molecule has 4 heteroatoms. The molecule has 2 unspecified atom stereocenters. The van der Waals surface area contributed by atoms with E-state index in [1.807, 2.05) is 51.6 Å². The largest absolute Gasteiger partial charge is 0.377 e. The predicted molar refractivity (Wildman–Crippen MR) is 71.1 cm³/mol. The van der Waals surface area contributed by atoms with Crippen molar-refractivity contribution in [2.75, 3.05) is 33.9 Å². The van der Waals surface area contributed by atoms with Crippen molar-refractivity contribution >= 4 is 5.91 Å². The molecule has 3 heterocycles. The topological polar surface area (TPSA) is 32.8 Å². The normalized spacial score (nSPS) is 25.0. The fourth-order valence-corrected chi connectivity index (χ4v) is 2.10. The van der Waals surface area contributed by atoms with Gasteiger partial charge in [-0.05, 0) is 20.5 Å². The van der Waals surface area contributed by atoms with E-state index in [4.69, 9.17) is 4.74 Å². The molecule has 0 aliphatic carbocycles. The Morgan fingerprint density at radius 1 is 1.18 bits per heavy atom. The fourth-order valence-electron chi connectivity index (χ4n) is 2.10. The van der Waals surface area contributed by atoms with Gasteiger partial charge < -0.3 is 14.5 Å². The average molecular weight is 244 g/mol. The molecule has 102 valence electrons. The molecule has 1 amide bonds. The standard InChI is InChI=1S/C9H16N2O2.2C2H6/c1-10(2)4-9(12)11-7-3-8(11)6-13-5-7;2*1-2/h7-8H,3-6H2,1-2H3;2*1-2H3. The summed E-state index contributed by atoms with van der Waals surface area (Å²) in [5.41, 5.74) is 0. The summed E-state index contributed by atoms with van der Waals surface area (Å²) in [5, 5.41) is 0. The Kier molecular flexibility index (Phi) is 8.17. The molecule has 0 radical (unpaired) electrons. The van der Waals surface area contributed by atoms with Crippen LogP contribution in [-0.4, -0.2) is 61.6 Å². The van der Waals surface area contributed by atoms with Gasteiger partial charge in [-0.2, -0.15) is 0 Å². The minimum Gasteiger partial charge on any atom is -0.377 e. The first-order chi connectivity index (χ1) is 8.18. The van der Waals surface area contributed by atoms with E-state index in [0.717, 1.165) is 19.6 Å². The van der Waals surface area contributed by atoms with Gasteiger partial charge in [0.25, 0.3) is 0 Å². The van der Waals surface area contributed by atoms with E-state index in [0.29, 0.717) is 18.6 Å². The Balaban J connectivity index is 0.000000581. The molecule has 3 fully saturated rings. The smallest absolute Gasteiger partial charge is 0.237 e. The first-order valence-corrected chi connectivity index (χ1v) is 6.72. The molecule has 0 aromatic carbocycles. The van der Waals surface area contributed by atoms with Gasteiger partial charge in [-0.15, -0.1) is 0 Å². The highest BCUT2D eigenvalue weighted by Gasteiger charge is 2.44. The number of carbonyl (C=O) groups is 1. The van der Waals surface area contributed by atoms with E-state index in [-0.39, 0.29) is 5.91 Å². The lowest BCUT2D eigenvalue weighted by atomic mass is 9.91. The van der Waals surface area contributed by atoms with Gasteiger partial charge in [0.15, 0.2) is 0 Å². The van der Waals surface area contributed by atoms with Crippen molar-refractivity contribution in [3.05, 3.63) is 0 Å². The summed E-state index contributed by atoms with van der Waals surface area (Å²) in [6.45, 7) is 9.98. The Morgan fingerprint density at radius 2 is 1.65 bits per heavy atom. The molecule has 3 saturated heterocycles. The van der Waals surface area contributed by atoms with Gasteiger partial charge in [-0.25, -0.2) is 0 Å². The van der Waals surface area contributed by atoms with Crippen LogP contribution in [0.25, 0.3) is 0 Å². The SMILES string of the molecule is CC.CC.CN(C)CC(=O)N1C2COCC1C2. The lowest BCUT2D eigenvalue weighted by Crippen LogP contribution is -2.66. The van der Waals surface area contributed by atoms with Gasteiger partial charge in [-0.1, -0.05) is 27.7 Å². The molecule has 17 heavy (non-hydrogen) atoms. The van der Waals surface area contributed by atoms with Crippen LogP contribution in [0.5, 0.6) is 0 Å². The number of carbonyl (C=O) groups excluding carboxylic acids is 1. The van der Waals surface area contributed by atoms with Crippen LogP contribution in [0, 0.1) is 0 Å². The highest BCUT2D eigenvalue weighted by molar-refractivity contribution is 5.80. The van der Waals surface area contributed by atoms with Crippen molar-refractivity contribution in [2.24, 2.45) is 0 Å². The zero-order valence-corrected chi connectivity index (χ0v) is 12.2. The number of morpholine rings is 1. The van der Waals surface area contributed by atoms with E-state index < -0.39 is 0 Å². The van der Waals surface area contributed by atoms with E-state index in [1.165, 1.54) is 0 Å². The number of likely N-dealkylation sites (N-methyl/N-ethyl adjacent to an activating group) is 1. The zero-order valence-electron chi connectivity index (χ0n) is 12.2. The minimum atomic E-state index is 0.245. The number of nitrogens with zero attached hydrogens (tertiary/aromatic N) is 2. The first-order valence-electron chi connectivity index (χ1n) is 6.72. The Morgan fingerprint density at radius 3 is 2.00 bits per heavy atom. The van der Waals surface area contributed by atoms with Gasteiger partial charge in [-0.3, -0.25) is 4.79 Å². The summed E-state index contributed by atoms with van der Waals surface area (Å²) in [7, 11) is 3.84. The van der Waals surface area contributed by atoms with Crippen molar-refractivity contribution in [3.63, 3.8) is 0 Å². The van der Waals surface area contributed by atoms with Gasteiger partial charge in [0.05, 0.1) is 31.8 Å². The second-order valence-corrected chi connectivity index (χ2v) is 4.12. The van der Waals surface area contributed by atoms with Gasteiger partial charge in [0.2, 0.25) is 5.91 Å². The highest BCUT2D eigenvalue weighted by atomic mass is 16.5. The molecular weight excluding hydrogens is 216 g/mol. The molecule has 3 aliphatic heterocycles. The summed E-state index contributed by atoms with van der Waals surface area (Å²) in [5.74, 6) is 0.245. The van der Waals surface area contributed by atoms with Gasteiger partial charge in [0, 0.05) is 0 Å². The van der Waals surface area contributed by atoms with E-state index >= 15 is 0 Å². The fraction of sp³-hybridized carbons (Fsp3) is 0.923. The van der Waals surface area contributed by atoms with Crippen molar-refractivity contribution < 1.29 is 9.53 Å². The second-order valence-electron chi connectivity index (χ2n) is 4.12. The highest BCUT2D eigenvalue weighted by Crippen LogP contribution is 2.30. The summed E-state index contributed by atoms with van der Waals surface area (Å²) in [6, 6.07) is 0.734. The molecule has 2 bridgehead atoms. The lowest BCUT2D eigenvalue weighted by Gasteiger charge is -2.52. The summed E-state index contributed by atoms with van der Waals surface area (Å²) in [6.07, 6.45) is 1.14. The van der Waals surface area contributed by atoms with Crippen molar-refractivity contribution in [2.45, 2.75) is 46.2 Å². The van der Waals surface area contributed by atoms with E-state index in [1.54, 1.807) is 0 Å². The van der Waals surface area contributed by atoms with Crippen molar-refractivity contribution in [1.29, 1.82) is 0 Å². The number of hydrogen-bond donors (Lipinski definition) is 0. The van der Waals surface area contributed by atoms with Crippen LogP contribution in [0.15, 0.2) is 0 Å². The molecule has 0 spiro atoms. The monoisotopic (exact) mass is 244 g/mol. The van der Waals surface area contributed by atoms with Crippen LogP contribution in [0.2, 0.25) is 0 Å². The zero-order chi connectivity index (χ0) is 13.4. The molecule has 0 aromatic heterocycles. The van der Waals surface area contributed by atoms with Crippen LogP contribution in [0.3, 0.4) is 0 Å². The Hall–Kier alpha value is -0.610. The number of hydrogen-bond acceptors (Lipinski definition) is 3. The summed E-state index contributed by atoms with van der Waals surface area (Å²) < 4.78 is 5.31. The number of amides is 1. The second kappa shape index (κ2) is 8.48. The molecule has 0 aromatic rings. The van der Waals surface area contributed by atoms with Gasteiger partial charge >= 0.3 is 0 Å². The third-order valence-electron chi connectivity index (χ3n) is 2.69. The van der Waals surface area contributed by atoms with Crippen molar-refractivity contribution in [3.8, 4) is 0 Å². The first kappa shape index (κ1) is 16.4. The molecule has 3 rings (SSSR count). The van der Waals surface area contributed by atoms with Crippen LogP contribution < -0.4 is 0 Å². The van der Waals surface area contributed by atoms with Crippen molar-refractivity contribution in [1.82, 2.24) is 9.80 Å². The number of ether oxygens (including phenoxy) is 1. The van der Waals surface area contributed by atoms with E-state index in [9.17, 15) is 4.79 Å². The molecule has 4 nitrogen and oxygen atoms in total. The maximum Gasteiger partial charge on any atom is 0.237 e. The molecule has 2 atom stereocenters. The van der Waals surface area contributed by atoms with E-state index in [2.05, 4.69) is 0 Å². The summed E-state index contributed by atoms with van der Waals surface area (Å²) in [4.78, 5) is 15.6. The molecular formula is C13H28N2O2. The lowest BCUT2D eigenvalue weighted by molar-refractivity contribution is -0.167. The minimum absolute atomic E-state index is 0.245.